The van der Waals surface area contributed by atoms with Crippen molar-refractivity contribution < 1.29 is 18.7 Å². The van der Waals surface area contributed by atoms with Crippen molar-refractivity contribution >= 4 is 28.9 Å². The van der Waals surface area contributed by atoms with Gasteiger partial charge in [-0.05, 0) is 60.7 Å². The third-order valence-corrected chi connectivity index (χ3v) is 8.07. The fourth-order valence-corrected chi connectivity index (χ4v) is 5.61. The topological polar surface area (TPSA) is 96.1 Å². The van der Waals surface area contributed by atoms with Gasteiger partial charge in [0.1, 0.15) is 5.82 Å². The van der Waals surface area contributed by atoms with Crippen LogP contribution in [0.3, 0.4) is 0 Å². The first-order valence-electron chi connectivity index (χ1n) is 12.5. The number of amides is 1. The van der Waals surface area contributed by atoms with Gasteiger partial charge in [-0.15, -0.1) is 0 Å². The van der Waals surface area contributed by atoms with Crippen molar-refractivity contribution in [1.82, 2.24) is 9.97 Å². The van der Waals surface area contributed by atoms with Crippen molar-refractivity contribution in [2.45, 2.75) is 26.7 Å². The maximum atomic E-state index is 14.1. The Balaban J connectivity index is 1.37. The quantitative estimate of drug-likeness (QED) is 0.280. The van der Waals surface area contributed by atoms with E-state index in [4.69, 9.17) is 4.74 Å². The van der Waals surface area contributed by atoms with Crippen molar-refractivity contribution in [1.29, 1.82) is 0 Å². The van der Waals surface area contributed by atoms with Gasteiger partial charge in [0.05, 0.1) is 24.1 Å². The lowest BCUT2D eigenvalue weighted by molar-refractivity contribution is 0.0866. The highest BCUT2D eigenvalue weighted by Gasteiger charge is 2.68. The van der Waals surface area contributed by atoms with Gasteiger partial charge in [0.2, 0.25) is 0 Å². The minimum atomic E-state index is -0.624. The average molecular weight is 511 g/mol. The van der Waals surface area contributed by atoms with Crippen molar-refractivity contribution in [3.63, 3.8) is 0 Å². The first-order valence-corrected chi connectivity index (χ1v) is 12.5. The number of hydrogen-bond acceptors (Lipinski definition) is 5. The Kier molecular flexibility index (Phi) is 5.38. The lowest BCUT2D eigenvalue weighted by Gasteiger charge is -2.24. The van der Waals surface area contributed by atoms with Crippen molar-refractivity contribution in [3.05, 3.63) is 89.5 Å². The summed E-state index contributed by atoms with van der Waals surface area (Å²) in [5, 5.41) is 6.21. The number of ether oxygens (including phenoxy) is 1. The Morgan fingerprint density at radius 1 is 1.11 bits per heavy atom. The minimum Gasteiger partial charge on any atom is -0.494 e. The number of aromatic amines is 1. The number of Topliss-reactive ketones (excluding diaryl/α,β-unsaturated/α-hetero) is 1. The number of rotatable bonds is 6. The summed E-state index contributed by atoms with van der Waals surface area (Å²) in [6, 6.07) is 17.3. The van der Waals surface area contributed by atoms with Gasteiger partial charge in [0.15, 0.2) is 17.3 Å². The molecule has 0 saturated heterocycles. The molecule has 0 unspecified atom stereocenters. The van der Waals surface area contributed by atoms with Gasteiger partial charge < -0.3 is 20.4 Å². The van der Waals surface area contributed by atoms with Crippen LogP contribution in [0.4, 0.5) is 21.6 Å². The number of carbonyl (C=O) groups excluding carboxylic acids is 2. The van der Waals surface area contributed by atoms with E-state index in [0.29, 0.717) is 17.1 Å². The van der Waals surface area contributed by atoms with Gasteiger partial charge >= 0.3 is 0 Å². The summed E-state index contributed by atoms with van der Waals surface area (Å²) in [6.45, 7) is 4.22. The number of pyridine rings is 1. The van der Waals surface area contributed by atoms with E-state index in [1.54, 1.807) is 12.3 Å². The van der Waals surface area contributed by atoms with E-state index in [1.165, 1.54) is 19.2 Å². The molecule has 4 aromatic rings. The normalized spacial score (nSPS) is 21.3. The predicted molar refractivity (Wildman–Crippen MR) is 144 cm³/mol. The monoisotopic (exact) mass is 510 g/mol. The second-order valence-corrected chi connectivity index (χ2v) is 10.5. The summed E-state index contributed by atoms with van der Waals surface area (Å²) in [5.74, 6) is -0.617. The molecule has 3 N–H and O–H groups in total. The molecule has 2 aromatic heterocycles. The lowest BCUT2D eigenvalue weighted by Crippen LogP contribution is -2.27. The Bertz CT molecular complexity index is 1600. The molecule has 6 rings (SSSR count). The molecule has 2 atom stereocenters. The van der Waals surface area contributed by atoms with Crippen molar-refractivity contribution in [2.24, 2.45) is 10.8 Å². The highest BCUT2D eigenvalue weighted by molar-refractivity contribution is 6.12. The zero-order chi connectivity index (χ0) is 26.7. The smallest absolute Gasteiger partial charge is 0.256 e. The molecule has 1 amide bonds. The molecule has 1 fully saturated rings. The van der Waals surface area contributed by atoms with Crippen LogP contribution >= 0.6 is 0 Å². The number of para-hydroxylation sites is 1. The Morgan fingerprint density at radius 3 is 2.63 bits per heavy atom. The Labute approximate surface area is 219 Å². The molecule has 0 spiro atoms. The molecule has 8 heteroatoms. The zero-order valence-electron chi connectivity index (χ0n) is 21.3. The number of carbonyl (C=O) groups is 2. The highest BCUT2D eigenvalue weighted by Crippen LogP contribution is 2.69. The molecule has 38 heavy (non-hydrogen) atoms. The number of hydrogen-bond donors (Lipinski definition) is 3. The van der Waals surface area contributed by atoms with E-state index >= 15 is 0 Å². The highest BCUT2D eigenvalue weighted by atomic mass is 19.1. The number of anilines is 3. The van der Waals surface area contributed by atoms with E-state index in [2.05, 4.69) is 34.4 Å². The third kappa shape index (κ3) is 3.75. The van der Waals surface area contributed by atoms with E-state index in [-0.39, 0.29) is 27.9 Å². The van der Waals surface area contributed by atoms with E-state index < -0.39 is 11.7 Å². The molecule has 2 aliphatic rings. The molecule has 2 aromatic carbocycles. The number of H-pyrrole nitrogens is 1. The predicted octanol–water partition coefficient (Wildman–Crippen LogP) is 6.38. The van der Waals surface area contributed by atoms with Gasteiger partial charge in [-0.3, -0.25) is 9.59 Å². The molecular weight excluding hydrogens is 483 g/mol. The van der Waals surface area contributed by atoms with Crippen LogP contribution in [-0.2, 0) is 6.42 Å². The second-order valence-electron chi connectivity index (χ2n) is 10.5. The van der Waals surface area contributed by atoms with Crippen LogP contribution in [-0.4, -0.2) is 28.8 Å². The molecule has 2 heterocycles. The molecular formula is C30H27FN4O3. The summed E-state index contributed by atoms with van der Waals surface area (Å²) in [7, 11) is 1.37. The average Bonchev–Trinajstić information content (AvgIpc) is 3.32. The number of methoxy groups -OCH3 is 1. The summed E-state index contributed by atoms with van der Waals surface area (Å²) < 4.78 is 19.1. The van der Waals surface area contributed by atoms with Crippen LogP contribution in [0.5, 0.6) is 5.75 Å². The number of nitrogens with zero attached hydrogens (tertiary/aromatic N) is 1. The van der Waals surface area contributed by atoms with E-state index in [1.807, 2.05) is 36.4 Å². The summed E-state index contributed by atoms with van der Waals surface area (Å²) in [4.78, 5) is 34.3. The van der Waals surface area contributed by atoms with E-state index in [0.717, 1.165) is 41.5 Å². The maximum Gasteiger partial charge on any atom is 0.256 e. The molecule has 7 nitrogen and oxygen atoms in total. The zero-order valence-corrected chi connectivity index (χ0v) is 21.3. The molecule has 0 bridgehead atoms. The van der Waals surface area contributed by atoms with Gasteiger partial charge in [-0.1, -0.05) is 32.0 Å². The Morgan fingerprint density at radius 2 is 1.89 bits per heavy atom. The maximum absolute atomic E-state index is 14.1. The van der Waals surface area contributed by atoms with Crippen LogP contribution in [0.1, 0.15) is 46.7 Å². The van der Waals surface area contributed by atoms with Gasteiger partial charge in [-0.25, -0.2) is 9.37 Å². The lowest BCUT2D eigenvalue weighted by atomic mass is 9.79. The van der Waals surface area contributed by atoms with Gasteiger partial charge in [-0.2, -0.15) is 0 Å². The molecule has 1 saturated carbocycles. The second kappa shape index (κ2) is 8.55. The fraction of sp³-hybridized carbons (Fsp3) is 0.233. The fourth-order valence-electron chi connectivity index (χ4n) is 5.61. The standard InChI is InChI=1S/C30H27FN4O3/c1-29-15-21-24(27(36)30(29,2)16-29)26(33-19-7-5-4-6-8-19)25(34-21)17-11-12-32-23(14-17)35-28(37)18-9-10-22(38-3)20(31)13-18/h4-14,33-34H,15-16H2,1-3H3,(H,32,35,37)/t29-,30-/m1/s1. The van der Waals surface area contributed by atoms with Crippen LogP contribution in [0.15, 0.2) is 66.9 Å². The molecule has 0 aliphatic heterocycles. The SMILES string of the molecule is COc1ccc(C(=O)Nc2cc(-c3[nH]c4c(c3Nc3ccccc3)C(=O)[C@@]3(C)C[C@@]3(C)C4)ccn2)cc1F. The van der Waals surface area contributed by atoms with Crippen molar-refractivity contribution in [2.75, 3.05) is 17.7 Å². The van der Waals surface area contributed by atoms with Gasteiger partial charge in [0.25, 0.3) is 5.91 Å². The first-order chi connectivity index (χ1) is 18.2. The third-order valence-electron chi connectivity index (χ3n) is 8.07. The molecule has 0 radical (unpaired) electrons. The summed E-state index contributed by atoms with van der Waals surface area (Å²) >= 11 is 0. The first kappa shape index (κ1) is 23.9. The van der Waals surface area contributed by atoms with Crippen LogP contribution < -0.4 is 15.4 Å². The number of ketones is 1. The number of aromatic nitrogens is 2. The van der Waals surface area contributed by atoms with Crippen LogP contribution in [0.2, 0.25) is 0 Å². The Hall–Kier alpha value is -4.46. The molecule has 192 valence electrons. The number of fused-ring (bicyclic) bond motifs is 2. The number of nitrogens with one attached hydrogen (secondary N) is 3. The number of benzene rings is 2. The van der Waals surface area contributed by atoms with Crippen LogP contribution in [0.25, 0.3) is 11.3 Å². The van der Waals surface area contributed by atoms with Crippen molar-refractivity contribution in [3.8, 4) is 17.0 Å². The molecule has 2 aliphatic carbocycles. The summed E-state index contributed by atoms with van der Waals surface area (Å²) in [5.41, 5.74) is 4.41. The number of halogens is 1. The largest absolute Gasteiger partial charge is 0.494 e. The van der Waals surface area contributed by atoms with Gasteiger partial charge in [0, 0.05) is 34.1 Å². The minimum absolute atomic E-state index is 0.0474. The van der Waals surface area contributed by atoms with E-state index in [9.17, 15) is 14.0 Å². The summed E-state index contributed by atoms with van der Waals surface area (Å²) in [6.07, 6.45) is 3.25. The van der Waals surface area contributed by atoms with Crippen LogP contribution in [0, 0.1) is 16.6 Å².